The molecule has 0 saturated heterocycles. The highest BCUT2D eigenvalue weighted by Crippen LogP contribution is 2.17. The summed E-state index contributed by atoms with van der Waals surface area (Å²) in [5.41, 5.74) is 6.30. The molecule has 0 aliphatic heterocycles. The van der Waals surface area contributed by atoms with Crippen LogP contribution in [-0.4, -0.2) is 16.4 Å². The molecule has 1 rings (SSSR count). The first kappa shape index (κ1) is 14.6. The molecule has 4 nitrogen and oxygen atoms in total. The van der Waals surface area contributed by atoms with Crippen molar-refractivity contribution in [1.29, 1.82) is 0 Å². The van der Waals surface area contributed by atoms with Gasteiger partial charge in [0.2, 0.25) is 17.0 Å². The number of amides is 1. The molecule has 1 aromatic rings. The molecule has 0 aliphatic carbocycles. The molecule has 1 amide bonds. The third kappa shape index (κ3) is 4.93. The first-order valence-corrected chi connectivity index (χ1v) is 6.40. The van der Waals surface area contributed by atoms with E-state index in [-0.39, 0.29) is 0 Å². The van der Waals surface area contributed by atoms with Crippen LogP contribution in [0.3, 0.4) is 0 Å². The van der Waals surface area contributed by atoms with Gasteiger partial charge in [0.1, 0.15) is 5.75 Å². The molecule has 0 fully saturated rings. The van der Waals surface area contributed by atoms with E-state index in [1.54, 1.807) is 19.1 Å². The molecular weight excluding hydrogens is 226 g/mol. The number of primary amides is 1. The maximum Gasteiger partial charge on any atom is 0.248 e. The molecule has 0 aromatic heterocycles. The van der Waals surface area contributed by atoms with Crippen molar-refractivity contribution >= 4 is 17.0 Å². The van der Waals surface area contributed by atoms with Crippen LogP contribution in [0.15, 0.2) is 18.2 Å². The zero-order valence-corrected chi connectivity index (χ0v) is 10.8. The lowest BCUT2D eigenvalue weighted by atomic mass is 10.1. The Balaban J connectivity index is 0.00000106. The van der Waals surface area contributed by atoms with Crippen molar-refractivity contribution in [2.24, 2.45) is 5.73 Å². The molecule has 16 heavy (non-hydrogen) atoms. The van der Waals surface area contributed by atoms with E-state index in [4.69, 9.17) is 9.92 Å². The van der Waals surface area contributed by atoms with E-state index >= 15 is 0 Å². The quantitative estimate of drug-likeness (QED) is 0.880. The van der Waals surface area contributed by atoms with Gasteiger partial charge in [0.05, 0.1) is 0 Å². The van der Waals surface area contributed by atoms with Crippen molar-refractivity contribution in [3.8, 4) is 5.75 Å². The average Bonchev–Trinajstić information content (AvgIpc) is 2.18. The predicted molar refractivity (Wildman–Crippen MR) is 65.7 cm³/mol. The fourth-order valence-corrected chi connectivity index (χ4v) is 1.44. The van der Waals surface area contributed by atoms with E-state index in [1.165, 1.54) is 12.3 Å². The van der Waals surface area contributed by atoms with Gasteiger partial charge in [-0.1, -0.05) is 13.8 Å². The van der Waals surface area contributed by atoms with Crippen molar-refractivity contribution in [1.82, 2.24) is 0 Å². The van der Waals surface area contributed by atoms with E-state index in [1.807, 2.05) is 13.8 Å². The molecule has 1 atom stereocenters. The van der Waals surface area contributed by atoms with Gasteiger partial charge >= 0.3 is 0 Å². The van der Waals surface area contributed by atoms with Crippen LogP contribution in [0.4, 0.5) is 0 Å². The van der Waals surface area contributed by atoms with Crippen LogP contribution in [0.2, 0.25) is 0 Å². The summed E-state index contributed by atoms with van der Waals surface area (Å²) in [6.07, 6.45) is 1.41. The highest BCUT2D eigenvalue weighted by Gasteiger charge is 2.05. The number of hydrogen-bond donors (Lipinski definition) is 1. The van der Waals surface area contributed by atoms with Crippen LogP contribution >= 0.6 is 0 Å². The molecule has 0 aliphatic rings. The minimum Gasteiger partial charge on any atom is -0.401 e. The smallest absolute Gasteiger partial charge is 0.248 e. The van der Waals surface area contributed by atoms with Gasteiger partial charge in [-0.3, -0.25) is 4.79 Å². The van der Waals surface area contributed by atoms with Crippen LogP contribution in [0.25, 0.3) is 0 Å². The summed E-state index contributed by atoms with van der Waals surface area (Å²) in [6.45, 7) is 5.80. The van der Waals surface area contributed by atoms with Gasteiger partial charge in [-0.2, -0.15) is 0 Å². The normalized spacial score (nSPS) is 11.0. The second-order valence-electron chi connectivity index (χ2n) is 2.88. The van der Waals surface area contributed by atoms with Crippen molar-refractivity contribution in [3.05, 3.63) is 29.3 Å². The Bertz CT molecular complexity index is 391. The SMILES string of the molecule is CC.Cc1cc(OS(C)=O)cc(C(N)=O)c1. The first-order chi connectivity index (χ1) is 7.49. The molecular formula is C11H17NO3S. The van der Waals surface area contributed by atoms with E-state index in [0.29, 0.717) is 11.3 Å². The topological polar surface area (TPSA) is 69.4 Å². The minimum atomic E-state index is -1.40. The van der Waals surface area contributed by atoms with Crippen molar-refractivity contribution in [2.45, 2.75) is 20.8 Å². The first-order valence-electron chi connectivity index (χ1n) is 4.92. The van der Waals surface area contributed by atoms with Gasteiger partial charge in [-0.15, -0.1) is 0 Å². The standard InChI is InChI=1S/C9H11NO3S.C2H6/c1-6-3-7(9(10)11)5-8(4-6)13-14(2)12;1-2/h3-5H,1-2H3,(H2,10,11);1-2H3. The van der Waals surface area contributed by atoms with Gasteiger partial charge in [-0.05, 0) is 30.7 Å². The molecule has 0 heterocycles. The fourth-order valence-electron chi connectivity index (χ4n) is 1.07. The van der Waals surface area contributed by atoms with Crippen LogP contribution in [-0.2, 0) is 11.1 Å². The summed E-state index contributed by atoms with van der Waals surface area (Å²) < 4.78 is 15.7. The van der Waals surface area contributed by atoms with E-state index in [0.717, 1.165) is 5.56 Å². The highest BCUT2D eigenvalue weighted by molar-refractivity contribution is 7.79. The van der Waals surface area contributed by atoms with Gasteiger partial charge in [-0.25, -0.2) is 4.21 Å². The van der Waals surface area contributed by atoms with Gasteiger partial charge in [0, 0.05) is 11.8 Å². The summed E-state index contributed by atoms with van der Waals surface area (Å²) in [5.74, 6) is -0.139. The third-order valence-corrected chi connectivity index (χ3v) is 1.98. The Hall–Kier alpha value is -1.36. The summed E-state index contributed by atoms with van der Waals surface area (Å²) in [6, 6.07) is 4.80. The Morgan fingerprint density at radius 3 is 2.31 bits per heavy atom. The number of nitrogens with two attached hydrogens (primary N) is 1. The lowest BCUT2D eigenvalue weighted by Gasteiger charge is -2.04. The molecule has 2 N–H and O–H groups in total. The van der Waals surface area contributed by atoms with Crippen LogP contribution in [0.1, 0.15) is 29.8 Å². The Morgan fingerprint density at radius 2 is 1.88 bits per heavy atom. The molecule has 90 valence electrons. The molecule has 0 bridgehead atoms. The molecule has 5 heteroatoms. The fraction of sp³-hybridized carbons (Fsp3) is 0.364. The Kier molecular flexibility index (Phi) is 6.41. The highest BCUT2D eigenvalue weighted by atomic mass is 32.2. The number of carbonyl (C=O) groups excluding carboxylic acids is 1. The molecule has 0 spiro atoms. The average molecular weight is 243 g/mol. The number of hydrogen-bond acceptors (Lipinski definition) is 3. The molecule has 1 aromatic carbocycles. The lowest BCUT2D eigenvalue weighted by Crippen LogP contribution is -2.11. The Morgan fingerprint density at radius 1 is 1.31 bits per heavy atom. The van der Waals surface area contributed by atoms with Gasteiger partial charge < -0.3 is 9.92 Å². The summed E-state index contributed by atoms with van der Waals surface area (Å²) >= 11 is -1.40. The number of rotatable bonds is 3. The monoisotopic (exact) mass is 243 g/mol. The lowest BCUT2D eigenvalue weighted by molar-refractivity contribution is 0.1000. The summed E-state index contributed by atoms with van der Waals surface area (Å²) in [4.78, 5) is 10.9. The predicted octanol–water partition coefficient (Wildman–Crippen LogP) is 1.79. The summed E-state index contributed by atoms with van der Waals surface area (Å²) in [5, 5.41) is 0. The second-order valence-corrected chi connectivity index (χ2v) is 3.85. The minimum absolute atomic E-state index is 0.352. The van der Waals surface area contributed by atoms with Crippen LogP contribution in [0.5, 0.6) is 5.75 Å². The maximum absolute atomic E-state index is 10.9. The maximum atomic E-state index is 10.9. The van der Waals surface area contributed by atoms with E-state index < -0.39 is 17.0 Å². The van der Waals surface area contributed by atoms with Crippen LogP contribution in [0, 0.1) is 6.92 Å². The molecule has 1 unspecified atom stereocenters. The van der Waals surface area contributed by atoms with Crippen molar-refractivity contribution < 1.29 is 13.2 Å². The zero-order valence-electron chi connectivity index (χ0n) is 9.94. The van der Waals surface area contributed by atoms with Crippen molar-refractivity contribution in [3.63, 3.8) is 0 Å². The van der Waals surface area contributed by atoms with E-state index in [2.05, 4.69) is 0 Å². The largest absolute Gasteiger partial charge is 0.401 e. The number of benzene rings is 1. The Labute approximate surface area is 98.5 Å². The molecule has 0 saturated carbocycles. The van der Waals surface area contributed by atoms with Gasteiger partial charge in [0.15, 0.2) is 0 Å². The van der Waals surface area contributed by atoms with Crippen molar-refractivity contribution in [2.75, 3.05) is 6.26 Å². The van der Waals surface area contributed by atoms with E-state index in [9.17, 15) is 9.00 Å². The second kappa shape index (κ2) is 7.00. The third-order valence-electron chi connectivity index (χ3n) is 1.55. The van der Waals surface area contributed by atoms with Gasteiger partial charge in [0.25, 0.3) is 0 Å². The number of aryl methyl sites for hydroxylation is 1. The summed E-state index contributed by atoms with van der Waals surface area (Å²) in [7, 11) is 0. The molecule has 0 radical (unpaired) electrons. The number of carbonyl (C=O) groups is 1. The van der Waals surface area contributed by atoms with Crippen LogP contribution < -0.4 is 9.92 Å². The zero-order chi connectivity index (χ0) is 12.7.